The lowest BCUT2D eigenvalue weighted by Crippen LogP contribution is -2.56. The van der Waals surface area contributed by atoms with Gasteiger partial charge in [-0.3, -0.25) is 0 Å². The second kappa shape index (κ2) is 4.21. The normalized spacial score (nSPS) is 52.6. The molecule has 3 aliphatic carbocycles. The molecule has 0 aliphatic heterocycles. The summed E-state index contributed by atoms with van der Waals surface area (Å²) in [5.74, 6) is 1.23. The molecular formula is C17H30O2. The van der Waals surface area contributed by atoms with E-state index in [1.807, 2.05) is 0 Å². The highest BCUT2D eigenvalue weighted by molar-refractivity contribution is 5.16. The summed E-state index contributed by atoms with van der Waals surface area (Å²) < 4.78 is 5.69. The highest BCUT2D eigenvalue weighted by Gasteiger charge is 2.67. The van der Waals surface area contributed by atoms with E-state index in [9.17, 15) is 5.11 Å². The molecule has 19 heavy (non-hydrogen) atoms. The molecule has 2 bridgehead atoms. The smallest absolute Gasteiger partial charge is 0.0941 e. The van der Waals surface area contributed by atoms with Gasteiger partial charge in [-0.1, -0.05) is 33.6 Å². The fourth-order valence-electron chi connectivity index (χ4n) is 5.83. The first kappa shape index (κ1) is 13.9. The molecule has 5 unspecified atom stereocenters. The Bertz CT molecular complexity index is 364. The Hall–Kier alpha value is -0.0800. The van der Waals surface area contributed by atoms with Crippen molar-refractivity contribution in [2.45, 2.75) is 77.4 Å². The molecule has 3 rings (SSSR count). The molecule has 0 aromatic rings. The molecule has 110 valence electrons. The van der Waals surface area contributed by atoms with Crippen LogP contribution in [0.5, 0.6) is 0 Å². The highest BCUT2D eigenvalue weighted by Crippen LogP contribution is 2.71. The SMILES string of the molecule is COC1CCCCC1(O)C1CC2CCC1(C)C2(C)C. The average Bonchev–Trinajstić information content (AvgIpc) is 2.71. The second-order valence-electron chi connectivity index (χ2n) is 8.12. The highest BCUT2D eigenvalue weighted by atomic mass is 16.5. The van der Waals surface area contributed by atoms with E-state index in [4.69, 9.17) is 4.74 Å². The van der Waals surface area contributed by atoms with E-state index in [1.165, 1.54) is 25.7 Å². The van der Waals surface area contributed by atoms with Crippen LogP contribution in [0.1, 0.15) is 65.7 Å². The molecule has 0 radical (unpaired) electrons. The van der Waals surface area contributed by atoms with Gasteiger partial charge in [-0.25, -0.2) is 0 Å². The molecule has 2 nitrogen and oxygen atoms in total. The fraction of sp³-hybridized carbons (Fsp3) is 1.00. The zero-order chi connectivity index (χ0) is 13.9. The van der Waals surface area contributed by atoms with Crippen LogP contribution in [0.25, 0.3) is 0 Å². The lowest BCUT2D eigenvalue weighted by molar-refractivity contribution is -0.177. The van der Waals surface area contributed by atoms with Crippen LogP contribution in [0.2, 0.25) is 0 Å². The molecule has 2 heteroatoms. The molecule has 1 N–H and O–H groups in total. The fourth-order valence-corrected chi connectivity index (χ4v) is 5.83. The summed E-state index contributed by atoms with van der Waals surface area (Å²) in [6.45, 7) is 7.29. The number of hydrogen-bond donors (Lipinski definition) is 1. The van der Waals surface area contributed by atoms with Gasteiger partial charge >= 0.3 is 0 Å². The summed E-state index contributed by atoms with van der Waals surface area (Å²) >= 11 is 0. The largest absolute Gasteiger partial charge is 0.387 e. The van der Waals surface area contributed by atoms with Gasteiger partial charge in [0.1, 0.15) is 0 Å². The van der Waals surface area contributed by atoms with Gasteiger partial charge in [0.15, 0.2) is 0 Å². The minimum Gasteiger partial charge on any atom is -0.387 e. The van der Waals surface area contributed by atoms with Crippen molar-refractivity contribution < 1.29 is 9.84 Å². The van der Waals surface area contributed by atoms with E-state index in [-0.39, 0.29) is 6.10 Å². The maximum atomic E-state index is 11.4. The third-order valence-corrected chi connectivity index (χ3v) is 7.53. The van der Waals surface area contributed by atoms with Gasteiger partial charge < -0.3 is 9.84 Å². The van der Waals surface area contributed by atoms with Crippen molar-refractivity contribution in [3.8, 4) is 0 Å². The predicted octanol–water partition coefficient (Wildman–Crippen LogP) is 3.77. The Labute approximate surface area is 117 Å². The number of aliphatic hydroxyl groups is 1. The van der Waals surface area contributed by atoms with E-state index >= 15 is 0 Å². The molecule has 3 fully saturated rings. The van der Waals surface area contributed by atoms with Crippen LogP contribution in [-0.2, 0) is 4.74 Å². The summed E-state index contributed by atoms with van der Waals surface area (Å²) in [6, 6.07) is 0. The van der Waals surface area contributed by atoms with Gasteiger partial charge in [-0.05, 0) is 54.8 Å². The predicted molar refractivity (Wildman–Crippen MR) is 76.9 cm³/mol. The van der Waals surface area contributed by atoms with E-state index in [0.717, 1.165) is 25.2 Å². The van der Waals surface area contributed by atoms with Crippen molar-refractivity contribution in [3.63, 3.8) is 0 Å². The van der Waals surface area contributed by atoms with Gasteiger partial charge in [-0.2, -0.15) is 0 Å². The quantitative estimate of drug-likeness (QED) is 0.824. The van der Waals surface area contributed by atoms with Crippen molar-refractivity contribution in [1.82, 2.24) is 0 Å². The van der Waals surface area contributed by atoms with Crippen molar-refractivity contribution in [3.05, 3.63) is 0 Å². The van der Waals surface area contributed by atoms with E-state index in [1.54, 1.807) is 7.11 Å². The van der Waals surface area contributed by atoms with Crippen molar-refractivity contribution >= 4 is 0 Å². The second-order valence-corrected chi connectivity index (χ2v) is 8.12. The first-order valence-electron chi connectivity index (χ1n) is 8.11. The summed E-state index contributed by atoms with van der Waals surface area (Å²) in [5.41, 5.74) is 0.0951. The average molecular weight is 266 g/mol. The summed E-state index contributed by atoms with van der Waals surface area (Å²) in [7, 11) is 1.78. The Morgan fingerprint density at radius 1 is 1.05 bits per heavy atom. The van der Waals surface area contributed by atoms with Crippen LogP contribution in [-0.4, -0.2) is 23.9 Å². The van der Waals surface area contributed by atoms with E-state index < -0.39 is 5.60 Å². The number of hydrogen-bond acceptors (Lipinski definition) is 2. The molecule has 0 saturated heterocycles. The first-order chi connectivity index (χ1) is 8.86. The van der Waals surface area contributed by atoms with Crippen molar-refractivity contribution in [1.29, 1.82) is 0 Å². The Morgan fingerprint density at radius 3 is 2.32 bits per heavy atom. The molecule has 0 spiro atoms. The lowest BCUT2D eigenvalue weighted by Gasteiger charge is -2.51. The molecule has 3 aliphatic rings. The maximum Gasteiger partial charge on any atom is 0.0941 e. The number of fused-ring (bicyclic) bond motifs is 2. The van der Waals surface area contributed by atoms with Crippen LogP contribution in [0.4, 0.5) is 0 Å². The molecule has 0 heterocycles. The Balaban J connectivity index is 1.94. The third kappa shape index (κ3) is 1.62. The lowest BCUT2D eigenvalue weighted by atomic mass is 9.58. The summed E-state index contributed by atoms with van der Waals surface area (Å²) in [5, 5.41) is 11.4. The Kier molecular flexibility index (Phi) is 3.07. The van der Waals surface area contributed by atoms with E-state index in [0.29, 0.717) is 16.7 Å². The first-order valence-corrected chi connectivity index (χ1v) is 8.11. The van der Waals surface area contributed by atoms with Crippen LogP contribution < -0.4 is 0 Å². The van der Waals surface area contributed by atoms with Crippen molar-refractivity contribution in [2.75, 3.05) is 7.11 Å². The number of methoxy groups -OCH3 is 1. The van der Waals surface area contributed by atoms with Crippen LogP contribution in [0, 0.1) is 22.7 Å². The minimum atomic E-state index is -0.575. The molecule has 0 aromatic heterocycles. The zero-order valence-corrected chi connectivity index (χ0v) is 13.0. The van der Waals surface area contributed by atoms with Gasteiger partial charge in [0.2, 0.25) is 0 Å². The number of ether oxygens (including phenoxy) is 1. The zero-order valence-electron chi connectivity index (χ0n) is 13.0. The van der Waals surface area contributed by atoms with Gasteiger partial charge in [-0.15, -0.1) is 0 Å². The van der Waals surface area contributed by atoms with Crippen molar-refractivity contribution in [2.24, 2.45) is 22.7 Å². The topological polar surface area (TPSA) is 29.5 Å². The molecule has 3 saturated carbocycles. The molecule has 5 atom stereocenters. The number of rotatable bonds is 2. The molecular weight excluding hydrogens is 236 g/mol. The Morgan fingerprint density at radius 2 is 1.79 bits per heavy atom. The van der Waals surface area contributed by atoms with Gasteiger partial charge in [0.25, 0.3) is 0 Å². The van der Waals surface area contributed by atoms with Gasteiger partial charge in [0, 0.05) is 7.11 Å². The van der Waals surface area contributed by atoms with Crippen LogP contribution >= 0.6 is 0 Å². The monoisotopic (exact) mass is 266 g/mol. The standard InChI is InChI=1S/C17H30O2/c1-15(2)12-8-10-16(15,3)13(11-12)17(18)9-6-5-7-14(17)19-4/h12-14,18H,5-11H2,1-4H3. The summed E-state index contributed by atoms with van der Waals surface area (Å²) in [4.78, 5) is 0. The third-order valence-electron chi connectivity index (χ3n) is 7.53. The molecule has 0 amide bonds. The molecule has 0 aromatic carbocycles. The summed E-state index contributed by atoms with van der Waals surface area (Å²) in [6.07, 6.45) is 8.24. The van der Waals surface area contributed by atoms with E-state index in [2.05, 4.69) is 20.8 Å². The maximum absolute atomic E-state index is 11.4. The van der Waals surface area contributed by atoms with Crippen LogP contribution in [0.3, 0.4) is 0 Å². The van der Waals surface area contributed by atoms with Gasteiger partial charge in [0.05, 0.1) is 11.7 Å². The van der Waals surface area contributed by atoms with Crippen LogP contribution in [0.15, 0.2) is 0 Å². The minimum absolute atomic E-state index is 0.0539.